The zero-order valence-corrected chi connectivity index (χ0v) is 13.4. The quantitative estimate of drug-likeness (QED) is 0.620. The summed E-state index contributed by atoms with van der Waals surface area (Å²) in [6.45, 7) is 0. The van der Waals surface area contributed by atoms with Gasteiger partial charge >= 0.3 is 0 Å². The molecule has 0 radical (unpaired) electrons. The van der Waals surface area contributed by atoms with Crippen LogP contribution in [0.2, 0.25) is 0 Å². The van der Waals surface area contributed by atoms with Crippen molar-refractivity contribution in [3.8, 4) is 6.07 Å². The lowest BCUT2D eigenvalue weighted by Gasteiger charge is -2.24. The highest BCUT2D eigenvalue weighted by Crippen LogP contribution is 2.44. The van der Waals surface area contributed by atoms with Gasteiger partial charge in [0.05, 0.1) is 4.83 Å². The van der Waals surface area contributed by atoms with Crippen LogP contribution in [-0.2, 0) is 10.3 Å². The molecule has 1 aliphatic heterocycles. The number of nitriles is 1. The third kappa shape index (κ3) is 2.47. The van der Waals surface area contributed by atoms with E-state index in [4.69, 9.17) is 4.74 Å². The van der Waals surface area contributed by atoms with Crippen LogP contribution >= 0.6 is 15.9 Å². The van der Waals surface area contributed by atoms with E-state index in [0.717, 1.165) is 5.56 Å². The summed E-state index contributed by atoms with van der Waals surface area (Å²) in [7, 11) is 0. The van der Waals surface area contributed by atoms with Gasteiger partial charge in [0.25, 0.3) is 0 Å². The number of halogens is 1. The smallest absolute Gasteiger partial charge is 0.192 e. The van der Waals surface area contributed by atoms with Gasteiger partial charge in [-0.2, -0.15) is 5.26 Å². The van der Waals surface area contributed by atoms with Crippen molar-refractivity contribution in [2.45, 2.75) is 23.0 Å². The fourth-order valence-electron chi connectivity index (χ4n) is 2.74. The van der Waals surface area contributed by atoms with Crippen molar-refractivity contribution in [1.82, 2.24) is 0 Å². The van der Waals surface area contributed by atoms with E-state index in [1.165, 1.54) is 0 Å². The summed E-state index contributed by atoms with van der Waals surface area (Å²) in [5, 5.41) is 9.69. The van der Waals surface area contributed by atoms with Crippen molar-refractivity contribution >= 4 is 21.7 Å². The highest BCUT2D eigenvalue weighted by atomic mass is 79.9. The Bertz CT molecular complexity index is 711. The highest BCUT2D eigenvalue weighted by Gasteiger charge is 2.51. The van der Waals surface area contributed by atoms with Crippen molar-refractivity contribution in [2.75, 3.05) is 0 Å². The van der Waals surface area contributed by atoms with Crippen LogP contribution in [-0.4, -0.2) is 16.7 Å². The molecule has 0 bridgehead atoms. The molecule has 3 atom stereocenters. The zero-order valence-electron chi connectivity index (χ0n) is 11.8. The molecular weight excluding hydrogens is 342 g/mol. The molecule has 22 heavy (non-hydrogen) atoms. The summed E-state index contributed by atoms with van der Waals surface area (Å²) in [5.41, 5.74) is 0.243. The summed E-state index contributed by atoms with van der Waals surface area (Å²) in [5.74, 6) is -0.0851. The Morgan fingerprint density at radius 3 is 2.32 bits per heavy atom. The number of benzene rings is 2. The molecule has 3 rings (SSSR count). The van der Waals surface area contributed by atoms with Crippen LogP contribution in [0, 0.1) is 11.3 Å². The minimum absolute atomic E-state index is 0.0851. The number of alkyl halides is 1. The Morgan fingerprint density at radius 2 is 1.73 bits per heavy atom. The molecule has 1 aliphatic rings. The number of nitrogens with zero attached hydrogens (tertiary/aromatic N) is 1. The maximum absolute atomic E-state index is 12.6. The van der Waals surface area contributed by atoms with Gasteiger partial charge < -0.3 is 4.74 Å². The first-order chi connectivity index (χ1) is 10.7. The normalized spacial score (nSPS) is 27.3. The standard InChI is InChI=1S/C18H14BrNO2/c19-16-11-15(17(21)13-7-3-1-4-8-13)22-18(16,12-20)14-9-5-2-6-10-14/h1-10,15-16H,11H2. The molecule has 1 fully saturated rings. The van der Waals surface area contributed by atoms with Gasteiger partial charge in [-0.15, -0.1) is 0 Å². The topological polar surface area (TPSA) is 50.1 Å². The van der Waals surface area contributed by atoms with Crippen molar-refractivity contribution < 1.29 is 9.53 Å². The first-order valence-corrected chi connectivity index (χ1v) is 7.97. The summed E-state index contributed by atoms with van der Waals surface area (Å²) < 4.78 is 5.96. The van der Waals surface area contributed by atoms with Crippen LogP contribution in [0.5, 0.6) is 0 Å². The molecule has 0 aliphatic carbocycles. The SMILES string of the molecule is N#CC1(c2ccccc2)OC(C(=O)c2ccccc2)CC1Br. The van der Waals surface area contributed by atoms with Gasteiger partial charge in [-0.05, 0) is 12.0 Å². The molecule has 0 aromatic heterocycles. The number of ether oxygens (including phenoxy) is 1. The van der Waals surface area contributed by atoms with Crippen LogP contribution in [0.25, 0.3) is 0 Å². The second-order valence-corrected chi connectivity index (χ2v) is 6.36. The Kier molecular flexibility index (Phi) is 4.10. The molecule has 2 aromatic carbocycles. The maximum atomic E-state index is 12.6. The molecule has 0 N–H and O–H groups in total. The third-order valence-corrected chi connectivity index (χ3v) is 4.93. The zero-order chi connectivity index (χ0) is 15.6. The van der Waals surface area contributed by atoms with E-state index in [0.29, 0.717) is 12.0 Å². The number of carbonyl (C=O) groups is 1. The van der Waals surface area contributed by atoms with Crippen LogP contribution in [0.4, 0.5) is 0 Å². The lowest BCUT2D eigenvalue weighted by molar-refractivity contribution is 0.00296. The van der Waals surface area contributed by atoms with Gasteiger partial charge in [-0.25, -0.2) is 0 Å². The van der Waals surface area contributed by atoms with E-state index in [9.17, 15) is 10.1 Å². The first-order valence-electron chi connectivity index (χ1n) is 7.05. The average molecular weight is 356 g/mol. The van der Waals surface area contributed by atoms with Gasteiger partial charge in [0.2, 0.25) is 0 Å². The fraction of sp³-hybridized carbons (Fsp3) is 0.222. The van der Waals surface area contributed by atoms with Crippen LogP contribution < -0.4 is 0 Å². The van der Waals surface area contributed by atoms with E-state index >= 15 is 0 Å². The Morgan fingerprint density at radius 1 is 1.14 bits per heavy atom. The van der Waals surface area contributed by atoms with Crippen LogP contribution in [0.15, 0.2) is 60.7 Å². The molecule has 0 spiro atoms. The average Bonchev–Trinajstić information content (AvgIpc) is 2.93. The second kappa shape index (κ2) is 6.04. The van der Waals surface area contributed by atoms with Gasteiger partial charge in [-0.3, -0.25) is 4.79 Å². The first kappa shape index (κ1) is 15.0. The number of hydrogen-bond acceptors (Lipinski definition) is 3. The van der Waals surface area contributed by atoms with Crippen molar-refractivity contribution in [1.29, 1.82) is 5.26 Å². The van der Waals surface area contributed by atoms with Crippen LogP contribution in [0.1, 0.15) is 22.3 Å². The van der Waals surface area contributed by atoms with E-state index < -0.39 is 11.7 Å². The molecule has 3 nitrogen and oxygen atoms in total. The Hall–Kier alpha value is -1.96. The number of carbonyl (C=O) groups excluding carboxylic acids is 1. The lowest BCUT2D eigenvalue weighted by atomic mass is 9.92. The molecule has 0 saturated carbocycles. The van der Waals surface area contributed by atoms with E-state index in [1.54, 1.807) is 12.1 Å². The van der Waals surface area contributed by atoms with Crippen molar-refractivity contribution in [2.24, 2.45) is 0 Å². The van der Waals surface area contributed by atoms with E-state index in [-0.39, 0.29) is 10.6 Å². The van der Waals surface area contributed by atoms with Crippen molar-refractivity contribution in [3.05, 3.63) is 71.8 Å². The molecule has 1 saturated heterocycles. The molecule has 0 amide bonds. The van der Waals surface area contributed by atoms with Crippen molar-refractivity contribution in [3.63, 3.8) is 0 Å². The largest absolute Gasteiger partial charge is 0.343 e. The monoisotopic (exact) mass is 355 g/mol. The predicted molar refractivity (Wildman–Crippen MR) is 86.7 cm³/mol. The van der Waals surface area contributed by atoms with E-state index in [2.05, 4.69) is 22.0 Å². The number of hydrogen-bond donors (Lipinski definition) is 0. The third-order valence-electron chi connectivity index (χ3n) is 3.91. The summed E-state index contributed by atoms with van der Waals surface area (Å²) in [4.78, 5) is 12.3. The van der Waals surface area contributed by atoms with E-state index in [1.807, 2.05) is 48.5 Å². The highest BCUT2D eigenvalue weighted by molar-refractivity contribution is 9.09. The fourth-order valence-corrected chi connectivity index (χ4v) is 3.56. The summed E-state index contributed by atoms with van der Waals surface area (Å²) >= 11 is 3.54. The molecule has 1 heterocycles. The molecule has 3 unspecified atom stereocenters. The molecule has 2 aromatic rings. The summed E-state index contributed by atoms with van der Waals surface area (Å²) in [6, 6.07) is 20.6. The number of Topliss-reactive ketones (excluding diaryl/α,β-unsaturated/α-hetero) is 1. The minimum atomic E-state index is -1.13. The Balaban J connectivity index is 1.91. The van der Waals surface area contributed by atoms with Gasteiger partial charge in [0, 0.05) is 5.56 Å². The van der Waals surface area contributed by atoms with Gasteiger partial charge in [-0.1, -0.05) is 76.6 Å². The Labute approximate surface area is 137 Å². The minimum Gasteiger partial charge on any atom is -0.343 e. The lowest BCUT2D eigenvalue weighted by Crippen LogP contribution is -2.32. The number of ketones is 1. The maximum Gasteiger partial charge on any atom is 0.192 e. The molecular formula is C18H14BrNO2. The molecule has 110 valence electrons. The van der Waals surface area contributed by atoms with Gasteiger partial charge in [0.1, 0.15) is 12.2 Å². The number of rotatable bonds is 3. The molecule has 4 heteroatoms. The second-order valence-electron chi connectivity index (χ2n) is 5.25. The predicted octanol–water partition coefficient (Wildman–Crippen LogP) is 3.84. The van der Waals surface area contributed by atoms with Crippen LogP contribution in [0.3, 0.4) is 0 Å². The summed E-state index contributed by atoms with van der Waals surface area (Å²) in [6.07, 6.45) is -0.150. The van der Waals surface area contributed by atoms with Gasteiger partial charge in [0.15, 0.2) is 11.4 Å².